The number of fused-ring (bicyclic) bond motifs is 1. The van der Waals surface area contributed by atoms with E-state index in [1.165, 1.54) is 5.56 Å². The minimum absolute atomic E-state index is 0.00364. The van der Waals surface area contributed by atoms with Crippen molar-refractivity contribution < 1.29 is 9.59 Å². The van der Waals surface area contributed by atoms with Crippen LogP contribution in [0.2, 0.25) is 0 Å². The Bertz CT molecular complexity index is 908. The van der Waals surface area contributed by atoms with Crippen molar-refractivity contribution in [3.8, 4) is 0 Å². The topological polar surface area (TPSA) is 75.4 Å². The van der Waals surface area contributed by atoms with Crippen molar-refractivity contribution in [3.63, 3.8) is 0 Å². The number of nitrogens with one attached hydrogen (secondary N) is 1. The molecular formula is C23H27N3O2. The van der Waals surface area contributed by atoms with Crippen LogP contribution in [0, 0.1) is 5.92 Å². The molecule has 0 saturated carbocycles. The Morgan fingerprint density at radius 3 is 2.89 bits per heavy atom. The van der Waals surface area contributed by atoms with Crippen LogP contribution in [0.5, 0.6) is 0 Å². The maximum Gasteiger partial charge on any atom is 0.227 e. The van der Waals surface area contributed by atoms with Crippen molar-refractivity contribution in [2.45, 2.75) is 45.1 Å². The first kappa shape index (κ1) is 18.5. The summed E-state index contributed by atoms with van der Waals surface area (Å²) in [5, 5.41) is 3.20. The molecule has 2 amide bonds. The molecule has 2 aromatic rings. The van der Waals surface area contributed by atoms with E-state index < -0.39 is 0 Å². The van der Waals surface area contributed by atoms with Crippen LogP contribution in [-0.2, 0) is 22.4 Å². The number of nitrogen functional groups attached to an aromatic ring is 1. The molecule has 0 bridgehead atoms. The molecular weight excluding hydrogens is 350 g/mol. The molecule has 2 atom stereocenters. The molecule has 1 saturated heterocycles. The number of nitrogens with zero attached hydrogens (tertiary/aromatic N) is 1. The molecule has 146 valence electrons. The molecule has 2 aliphatic rings. The van der Waals surface area contributed by atoms with Crippen LogP contribution in [0.3, 0.4) is 0 Å². The van der Waals surface area contributed by atoms with Gasteiger partial charge in [-0.15, -0.1) is 0 Å². The van der Waals surface area contributed by atoms with E-state index in [9.17, 15) is 9.59 Å². The molecule has 3 N–H and O–H groups in total. The van der Waals surface area contributed by atoms with Crippen LogP contribution >= 0.6 is 0 Å². The number of para-hydroxylation sites is 1. The number of carbonyl (C=O) groups excluding carboxylic acids is 2. The smallest absolute Gasteiger partial charge is 0.227 e. The predicted octanol–water partition coefficient (Wildman–Crippen LogP) is 3.38. The van der Waals surface area contributed by atoms with Gasteiger partial charge in [-0.25, -0.2) is 0 Å². The summed E-state index contributed by atoms with van der Waals surface area (Å²) in [6.07, 6.45) is 4.08. The number of rotatable bonds is 4. The van der Waals surface area contributed by atoms with Gasteiger partial charge in [-0.2, -0.15) is 0 Å². The van der Waals surface area contributed by atoms with Crippen LogP contribution in [0.1, 0.15) is 48.9 Å². The van der Waals surface area contributed by atoms with E-state index >= 15 is 0 Å². The third-order valence-corrected chi connectivity index (χ3v) is 5.96. The summed E-state index contributed by atoms with van der Waals surface area (Å²) in [7, 11) is 0. The van der Waals surface area contributed by atoms with Crippen molar-refractivity contribution in [1.82, 2.24) is 5.32 Å². The first-order valence-electron chi connectivity index (χ1n) is 10.1. The number of aryl methyl sites for hydroxylation is 2. The molecule has 4 rings (SSSR count). The maximum atomic E-state index is 13.0. The molecule has 1 fully saturated rings. The Labute approximate surface area is 165 Å². The number of hydrogen-bond acceptors (Lipinski definition) is 3. The Balaban J connectivity index is 1.48. The van der Waals surface area contributed by atoms with Gasteiger partial charge >= 0.3 is 0 Å². The van der Waals surface area contributed by atoms with Gasteiger partial charge in [0.05, 0.1) is 12.0 Å². The van der Waals surface area contributed by atoms with E-state index in [1.54, 1.807) is 4.90 Å². The van der Waals surface area contributed by atoms with E-state index in [0.717, 1.165) is 48.2 Å². The Hall–Kier alpha value is -2.82. The van der Waals surface area contributed by atoms with E-state index in [4.69, 9.17) is 5.73 Å². The molecule has 5 nitrogen and oxygen atoms in total. The van der Waals surface area contributed by atoms with Crippen LogP contribution < -0.4 is 16.0 Å². The minimum atomic E-state index is -0.309. The minimum Gasteiger partial charge on any atom is -0.399 e. The van der Waals surface area contributed by atoms with Crippen molar-refractivity contribution >= 4 is 23.2 Å². The Morgan fingerprint density at radius 1 is 1.25 bits per heavy atom. The number of hydrogen-bond donors (Lipinski definition) is 2. The van der Waals surface area contributed by atoms with Gasteiger partial charge in [0.2, 0.25) is 11.8 Å². The number of carbonyl (C=O) groups is 2. The lowest BCUT2D eigenvalue weighted by atomic mass is 9.87. The molecule has 28 heavy (non-hydrogen) atoms. The molecule has 2 aromatic carbocycles. The molecule has 5 heteroatoms. The Morgan fingerprint density at radius 2 is 2.07 bits per heavy atom. The molecule has 1 heterocycles. The molecule has 0 radical (unpaired) electrons. The van der Waals surface area contributed by atoms with E-state index in [1.807, 2.05) is 42.5 Å². The molecule has 2 unspecified atom stereocenters. The van der Waals surface area contributed by atoms with Crippen LogP contribution in [0.25, 0.3) is 0 Å². The van der Waals surface area contributed by atoms with Gasteiger partial charge in [0.15, 0.2) is 0 Å². The summed E-state index contributed by atoms with van der Waals surface area (Å²) in [5.74, 6) is -0.311. The highest BCUT2D eigenvalue weighted by molar-refractivity contribution is 6.00. The van der Waals surface area contributed by atoms with Crippen molar-refractivity contribution in [2.75, 3.05) is 17.2 Å². The van der Waals surface area contributed by atoms with E-state index in [2.05, 4.69) is 12.2 Å². The van der Waals surface area contributed by atoms with Crippen molar-refractivity contribution in [3.05, 3.63) is 59.2 Å². The monoisotopic (exact) mass is 377 g/mol. The van der Waals surface area contributed by atoms with Gasteiger partial charge in [0.25, 0.3) is 0 Å². The van der Waals surface area contributed by atoms with Gasteiger partial charge in [0, 0.05) is 24.3 Å². The fourth-order valence-corrected chi connectivity index (χ4v) is 4.46. The highest BCUT2D eigenvalue weighted by Crippen LogP contribution is 2.33. The summed E-state index contributed by atoms with van der Waals surface area (Å²) in [6.45, 7) is 2.53. The first-order valence-corrected chi connectivity index (χ1v) is 10.1. The highest BCUT2D eigenvalue weighted by Gasteiger charge is 2.37. The highest BCUT2D eigenvalue weighted by atomic mass is 16.2. The van der Waals surface area contributed by atoms with Gasteiger partial charge in [0.1, 0.15) is 0 Å². The standard InChI is InChI=1S/C23H27N3O2/c1-2-15-6-3-4-9-21(15)26-14-17(13-22(26)27)23(28)25-20-8-5-7-16-12-18(24)10-11-19(16)20/h3-4,6,9-12,17,20H,2,5,7-8,13-14,24H2,1H3,(H,25,28). The summed E-state index contributed by atoms with van der Waals surface area (Å²) < 4.78 is 0. The summed E-state index contributed by atoms with van der Waals surface area (Å²) >= 11 is 0. The lowest BCUT2D eigenvalue weighted by Crippen LogP contribution is -2.37. The molecule has 1 aliphatic heterocycles. The fourth-order valence-electron chi connectivity index (χ4n) is 4.46. The zero-order valence-corrected chi connectivity index (χ0v) is 16.3. The molecule has 0 spiro atoms. The number of benzene rings is 2. The van der Waals surface area contributed by atoms with Gasteiger partial charge < -0.3 is 16.0 Å². The maximum absolute atomic E-state index is 13.0. The SMILES string of the molecule is CCc1ccccc1N1CC(C(=O)NC2CCCc3cc(N)ccc32)CC1=O. The fraction of sp³-hybridized carbons (Fsp3) is 0.391. The number of nitrogens with two attached hydrogens (primary N) is 1. The van der Waals surface area contributed by atoms with E-state index in [-0.39, 0.29) is 30.2 Å². The summed E-state index contributed by atoms with van der Waals surface area (Å²) in [6, 6.07) is 13.9. The number of anilines is 2. The van der Waals surface area contributed by atoms with Crippen molar-refractivity contribution in [2.24, 2.45) is 5.92 Å². The second-order valence-electron chi connectivity index (χ2n) is 7.80. The van der Waals surface area contributed by atoms with Crippen molar-refractivity contribution in [1.29, 1.82) is 0 Å². The van der Waals surface area contributed by atoms with Crippen LogP contribution in [0.15, 0.2) is 42.5 Å². The van der Waals surface area contributed by atoms with Crippen LogP contribution in [-0.4, -0.2) is 18.4 Å². The zero-order chi connectivity index (χ0) is 19.7. The average Bonchev–Trinajstić information content (AvgIpc) is 3.09. The molecule has 1 aliphatic carbocycles. The van der Waals surface area contributed by atoms with Crippen LogP contribution in [0.4, 0.5) is 11.4 Å². The average molecular weight is 377 g/mol. The largest absolute Gasteiger partial charge is 0.399 e. The lowest BCUT2D eigenvalue weighted by molar-refractivity contribution is -0.127. The first-order chi connectivity index (χ1) is 13.6. The van der Waals surface area contributed by atoms with E-state index in [0.29, 0.717) is 6.54 Å². The second-order valence-corrected chi connectivity index (χ2v) is 7.80. The molecule has 0 aromatic heterocycles. The van der Waals surface area contributed by atoms with Gasteiger partial charge in [-0.3, -0.25) is 9.59 Å². The summed E-state index contributed by atoms with van der Waals surface area (Å²) in [4.78, 5) is 27.3. The quantitative estimate of drug-likeness (QED) is 0.802. The number of amides is 2. The van der Waals surface area contributed by atoms with Gasteiger partial charge in [-0.05, 0) is 60.6 Å². The third-order valence-electron chi connectivity index (χ3n) is 5.96. The Kier molecular flexibility index (Phi) is 5.07. The van der Waals surface area contributed by atoms with Gasteiger partial charge in [-0.1, -0.05) is 31.2 Å². The zero-order valence-electron chi connectivity index (χ0n) is 16.3. The normalized spacial score (nSPS) is 21.5. The third kappa shape index (κ3) is 3.49. The predicted molar refractivity (Wildman–Crippen MR) is 111 cm³/mol. The second kappa shape index (κ2) is 7.66. The summed E-state index contributed by atoms with van der Waals surface area (Å²) in [5.41, 5.74) is 11.1. The lowest BCUT2D eigenvalue weighted by Gasteiger charge is -2.27.